The van der Waals surface area contributed by atoms with E-state index in [1.165, 1.54) is 0 Å². The van der Waals surface area contributed by atoms with Crippen LogP contribution in [0, 0.1) is 0 Å². The molecule has 1 aliphatic rings. The fourth-order valence-electron chi connectivity index (χ4n) is 3.62. The fraction of sp³-hybridized carbons (Fsp3) is 0.304. The lowest BCUT2D eigenvalue weighted by atomic mass is 10.1. The van der Waals surface area contributed by atoms with Gasteiger partial charge < -0.3 is 9.32 Å². The van der Waals surface area contributed by atoms with Crippen LogP contribution in [-0.2, 0) is 4.79 Å². The van der Waals surface area contributed by atoms with Crippen LogP contribution in [0.5, 0.6) is 0 Å². The normalized spacial score (nSPS) is 15.0. The largest absolute Gasteiger partial charge is 0.449 e. The van der Waals surface area contributed by atoms with Crippen LogP contribution in [0.15, 0.2) is 68.9 Å². The number of carbonyl (C=O) groups is 1. The molecule has 3 aromatic rings. The van der Waals surface area contributed by atoms with E-state index < -0.39 is 0 Å². The van der Waals surface area contributed by atoms with Gasteiger partial charge in [-0.1, -0.05) is 54.2 Å². The number of nitrogens with zero attached hydrogens (tertiary/aromatic N) is 2. The van der Waals surface area contributed by atoms with Gasteiger partial charge in [-0.15, -0.1) is 0 Å². The van der Waals surface area contributed by atoms with Crippen molar-refractivity contribution in [1.29, 1.82) is 0 Å². The van der Waals surface area contributed by atoms with E-state index in [2.05, 4.69) is 4.90 Å². The van der Waals surface area contributed by atoms with Crippen LogP contribution >= 0.6 is 11.8 Å². The van der Waals surface area contributed by atoms with E-state index in [1.807, 2.05) is 59.5 Å². The van der Waals surface area contributed by atoms with Crippen LogP contribution < -0.4 is 5.43 Å². The van der Waals surface area contributed by atoms with Gasteiger partial charge in [0.2, 0.25) is 11.8 Å². The first-order valence-corrected chi connectivity index (χ1v) is 10.9. The second-order valence-electron chi connectivity index (χ2n) is 7.14. The summed E-state index contributed by atoms with van der Waals surface area (Å²) in [6.07, 6.45) is 1.93. The van der Waals surface area contributed by atoms with Gasteiger partial charge in [-0.3, -0.25) is 14.5 Å². The highest BCUT2D eigenvalue weighted by atomic mass is 32.2. The van der Waals surface area contributed by atoms with E-state index in [0.717, 1.165) is 56.9 Å². The van der Waals surface area contributed by atoms with Gasteiger partial charge in [0.05, 0.1) is 10.9 Å². The summed E-state index contributed by atoms with van der Waals surface area (Å²) in [5.41, 5.74) is 2.18. The number of fused-ring (bicyclic) bond motifs is 1. The minimum absolute atomic E-state index is 0.0190. The highest BCUT2D eigenvalue weighted by Gasteiger charge is 2.18. The number of hydrogen-bond donors (Lipinski definition) is 0. The molecule has 0 spiro atoms. The number of hydrogen-bond acceptors (Lipinski definition) is 5. The summed E-state index contributed by atoms with van der Waals surface area (Å²) in [5, 5.41) is 1.30. The number of piperazine rings is 1. The van der Waals surface area contributed by atoms with E-state index in [1.54, 1.807) is 11.8 Å². The number of rotatable bonds is 7. The Labute approximate surface area is 174 Å². The van der Waals surface area contributed by atoms with Crippen molar-refractivity contribution in [1.82, 2.24) is 9.80 Å². The molecule has 0 N–H and O–H groups in total. The monoisotopic (exact) mass is 408 g/mol. The van der Waals surface area contributed by atoms with E-state index in [9.17, 15) is 9.59 Å². The third-order valence-corrected chi connectivity index (χ3v) is 6.28. The zero-order valence-corrected chi connectivity index (χ0v) is 17.1. The Balaban J connectivity index is 1.49. The highest BCUT2D eigenvalue weighted by Crippen LogP contribution is 2.32. The average Bonchev–Trinajstić information content (AvgIpc) is 2.78. The number of para-hydroxylation sites is 1. The van der Waals surface area contributed by atoms with Crippen LogP contribution in [0.3, 0.4) is 0 Å². The molecule has 0 aliphatic carbocycles. The second kappa shape index (κ2) is 9.29. The molecule has 2 heterocycles. The summed E-state index contributed by atoms with van der Waals surface area (Å²) >= 11 is 1.60. The first-order valence-electron chi connectivity index (χ1n) is 9.92. The van der Waals surface area contributed by atoms with Crippen molar-refractivity contribution in [2.75, 3.05) is 38.5 Å². The van der Waals surface area contributed by atoms with E-state index in [4.69, 9.17) is 4.42 Å². The van der Waals surface area contributed by atoms with Crippen molar-refractivity contribution >= 4 is 29.1 Å². The molecule has 2 aromatic carbocycles. The van der Waals surface area contributed by atoms with E-state index in [0.29, 0.717) is 21.6 Å². The molecular formula is C23H24N2O3S. The summed E-state index contributed by atoms with van der Waals surface area (Å²) in [4.78, 5) is 28.2. The molecule has 0 unspecified atom stereocenters. The van der Waals surface area contributed by atoms with E-state index >= 15 is 0 Å². The van der Waals surface area contributed by atoms with Gasteiger partial charge in [-0.2, -0.15) is 0 Å². The summed E-state index contributed by atoms with van der Waals surface area (Å²) in [5.74, 6) is 0.870. The predicted molar refractivity (Wildman–Crippen MR) is 117 cm³/mol. The van der Waals surface area contributed by atoms with Crippen molar-refractivity contribution in [3.05, 3.63) is 64.8 Å². The zero-order valence-electron chi connectivity index (χ0n) is 16.3. The first-order chi connectivity index (χ1) is 14.3. The molecule has 5 nitrogen and oxygen atoms in total. The maximum Gasteiger partial charge on any atom is 0.209 e. The van der Waals surface area contributed by atoms with E-state index in [-0.39, 0.29) is 5.43 Å². The van der Waals surface area contributed by atoms with Gasteiger partial charge in [0.25, 0.3) is 0 Å². The van der Waals surface area contributed by atoms with Crippen LogP contribution in [-0.4, -0.2) is 54.7 Å². The molecule has 6 heteroatoms. The lowest BCUT2D eigenvalue weighted by Crippen LogP contribution is -2.45. The zero-order chi connectivity index (χ0) is 20.1. The Morgan fingerprint density at radius 2 is 1.69 bits per heavy atom. The standard InChI is InChI=1S/C23H24N2O3S/c26-17-25-14-12-24(13-15-25)11-6-16-29-23-21(18-7-2-1-3-8-18)22(27)19-9-4-5-10-20(19)28-23/h1-5,7-10,17H,6,11-16H2. The summed E-state index contributed by atoms with van der Waals surface area (Å²) < 4.78 is 6.15. The molecule has 1 amide bonds. The quantitative estimate of drug-likeness (QED) is 0.339. The molecule has 0 saturated carbocycles. The van der Waals surface area contributed by atoms with Gasteiger partial charge in [0, 0.05) is 31.9 Å². The lowest BCUT2D eigenvalue weighted by Gasteiger charge is -2.32. The topological polar surface area (TPSA) is 53.8 Å². The third kappa shape index (κ3) is 4.54. The number of thioether (sulfide) groups is 1. The molecule has 0 atom stereocenters. The average molecular weight is 409 g/mol. The first kappa shape index (κ1) is 19.7. The Kier molecular flexibility index (Phi) is 6.32. The molecule has 0 bridgehead atoms. The van der Waals surface area contributed by atoms with Gasteiger partial charge in [0.1, 0.15) is 5.58 Å². The lowest BCUT2D eigenvalue weighted by molar-refractivity contribution is -0.119. The van der Waals surface area contributed by atoms with Gasteiger partial charge in [-0.05, 0) is 30.7 Å². The fourth-order valence-corrected chi connectivity index (χ4v) is 4.58. The van der Waals surface area contributed by atoms with Crippen LogP contribution in [0.4, 0.5) is 0 Å². The molecule has 4 rings (SSSR count). The Bertz CT molecular complexity index is 1030. The predicted octanol–water partition coefficient (Wildman–Crippen LogP) is 3.72. The second-order valence-corrected chi connectivity index (χ2v) is 8.21. The maximum absolute atomic E-state index is 13.2. The SMILES string of the molecule is O=CN1CCN(CCCSc2oc3ccccc3c(=O)c2-c2ccccc2)CC1. The number of benzene rings is 2. The smallest absolute Gasteiger partial charge is 0.209 e. The van der Waals surface area contributed by atoms with Crippen molar-refractivity contribution in [2.45, 2.75) is 11.5 Å². The number of carbonyl (C=O) groups excluding carboxylic acids is 1. The van der Waals surface area contributed by atoms with Crippen LogP contribution in [0.25, 0.3) is 22.1 Å². The van der Waals surface area contributed by atoms with Crippen molar-refractivity contribution in [3.63, 3.8) is 0 Å². The van der Waals surface area contributed by atoms with Crippen molar-refractivity contribution in [3.8, 4) is 11.1 Å². The van der Waals surface area contributed by atoms with Crippen molar-refractivity contribution < 1.29 is 9.21 Å². The van der Waals surface area contributed by atoms with Crippen LogP contribution in [0.1, 0.15) is 6.42 Å². The number of amides is 1. The Morgan fingerprint density at radius 3 is 2.45 bits per heavy atom. The Morgan fingerprint density at radius 1 is 0.966 bits per heavy atom. The summed E-state index contributed by atoms with van der Waals surface area (Å²) in [6.45, 7) is 4.42. The van der Waals surface area contributed by atoms with Gasteiger partial charge in [-0.25, -0.2) is 0 Å². The molecule has 29 heavy (non-hydrogen) atoms. The molecule has 0 radical (unpaired) electrons. The Hall–Kier alpha value is -2.57. The highest BCUT2D eigenvalue weighted by molar-refractivity contribution is 7.99. The van der Waals surface area contributed by atoms with Gasteiger partial charge >= 0.3 is 0 Å². The third-order valence-electron chi connectivity index (χ3n) is 5.24. The minimum Gasteiger partial charge on any atom is -0.449 e. The summed E-state index contributed by atoms with van der Waals surface area (Å²) in [6, 6.07) is 17.2. The molecule has 1 aliphatic heterocycles. The molecule has 1 fully saturated rings. The van der Waals surface area contributed by atoms with Gasteiger partial charge in [0.15, 0.2) is 5.09 Å². The molecular weight excluding hydrogens is 384 g/mol. The molecule has 1 saturated heterocycles. The van der Waals surface area contributed by atoms with Crippen molar-refractivity contribution in [2.24, 2.45) is 0 Å². The summed E-state index contributed by atoms with van der Waals surface area (Å²) in [7, 11) is 0. The van der Waals surface area contributed by atoms with Crippen LogP contribution in [0.2, 0.25) is 0 Å². The molecule has 1 aromatic heterocycles. The maximum atomic E-state index is 13.2. The molecule has 150 valence electrons. The minimum atomic E-state index is 0.0190.